The molecule has 0 saturated carbocycles. The van der Waals surface area contributed by atoms with Crippen LogP contribution in [0, 0.1) is 0 Å². The molecule has 0 N–H and O–H groups in total. The molecule has 3 aromatic carbocycles. The SMILES string of the molecule is C[C@@H](OC[C@@]1(c2ccccc2)CC[C@@]2(COc3nncn32)CN1C(=O)OCc1ccccc1)c1cc(CF)cc(CF)c1. The Hall–Kier alpha value is -4.31. The predicted octanol–water partition coefficient (Wildman–Crippen LogP) is 6.41. The molecule has 8 nitrogen and oxygen atoms in total. The van der Waals surface area contributed by atoms with E-state index >= 15 is 0 Å². The summed E-state index contributed by atoms with van der Waals surface area (Å²) in [7, 11) is 0. The van der Waals surface area contributed by atoms with Crippen molar-refractivity contribution in [3.63, 3.8) is 0 Å². The van der Waals surface area contributed by atoms with Crippen LogP contribution in [0.25, 0.3) is 0 Å². The van der Waals surface area contributed by atoms with E-state index in [1.807, 2.05) is 72.2 Å². The Bertz CT molecular complexity index is 1530. The van der Waals surface area contributed by atoms with Crippen LogP contribution < -0.4 is 4.74 Å². The fourth-order valence-electron chi connectivity index (χ4n) is 6.19. The van der Waals surface area contributed by atoms with Gasteiger partial charge in [0.15, 0.2) is 0 Å². The number of ether oxygens (including phenoxy) is 3. The summed E-state index contributed by atoms with van der Waals surface area (Å²) in [4.78, 5) is 15.9. The number of amides is 1. The van der Waals surface area contributed by atoms with E-state index in [-0.39, 0.29) is 19.8 Å². The molecule has 0 bridgehead atoms. The van der Waals surface area contributed by atoms with Gasteiger partial charge in [-0.2, -0.15) is 0 Å². The average Bonchev–Trinajstić information content (AvgIpc) is 3.68. The molecule has 0 aliphatic carbocycles. The largest absolute Gasteiger partial charge is 0.461 e. The number of halogens is 2. The lowest BCUT2D eigenvalue weighted by Crippen LogP contribution is -2.63. The Balaban J connectivity index is 1.35. The van der Waals surface area contributed by atoms with Crippen LogP contribution in [-0.4, -0.2) is 45.5 Å². The molecule has 1 saturated heterocycles. The van der Waals surface area contributed by atoms with Crippen LogP contribution in [0.4, 0.5) is 13.6 Å². The number of likely N-dealkylation sites (tertiary alicyclic amines) is 1. The van der Waals surface area contributed by atoms with Crippen molar-refractivity contribution in [1.82, 2.24) is 19.7 Å². The van der Waals surface area contributed by atoms with Gasteiger partial charge in [-0.1, -0.05) is 84.0 Å². The number of hydrogen-bond acceptors (Lipinski definition) is 6. The lowest BCUT2D eigenvalue weighted by Gasteiger charge is -2.52. The van der Waals surface area contributed by atoms with Gasteiger partial charge < -0.3 is 14.2 Å². The van der Waals surface area contributed by atoms with E-state index < -0.39 is 36.6 Å². The van der Waals surface area contributed by atoms with Crippen molar-refractivity contribution in [3.05, 3.63) is 113 Å². The number of piperidine rings is 1. The second-order valence-electron chi connectivity index (χ2n) is 11.3. The lowest BCUT2D eigenvalue weighted by molar-refractivity contribution is -0.0811. The van der Waals surface area contributed by atoms with Crippen molar-refractivity contribution in [3.8, 4) is 6.01 Å². The van der Waals surface area contributed by atoms with Gasteiger partial charge in [0.05, 0.1) is 24.8 Å². The average molecular weight is 589 g/mol. The van der Waals surface area contributed by atoms with Gasteiger partial charge in [0.1, 0.15) is 38.4 Å². The summed E-state index contributed by atoms with van der Waals surface area (Å²) in [5, 5.41) is 8.12. The van der Waals surface area contributed by atoms with Crippen molar-refractivity contribution < 1.29 is 27.8 Å². The molecule has 1 spiro atoms. The number of carbonyl (C=O) groups excluding carboxylic acids is 1. The maximum absolute atomic E-state index is 14.1. The van der Waals surface area contributed by atoms with Crippen LogP contribution in [0.1, 0.15) is 53.7 Å². The monoisotopic (exact) mass is 588 g/mol. The molecule has 1 aromatic heterocycles. The fraction of sp³-hybridized carbons (Fsp3) is 0.364. The van der Waals surface area contributed by atoms with Gasteiger partial charge in [-0.25, -0.2) is 13.6 Å². The first kappa shape index (κ1) is 28.8. The van der Waals surface area contributed by atoms with Gasteiger partial charge in [-0.15, -0.1) is 5.10 Å². The highest BCUT2D eigenvalue weighted by atomic mass is 19.1. The van der Waals surface area contributed by atoms with Crippen molar-refractivity contribution >= 4 is 6.09 Å². The number of alkyl halides is 2. The zero-order valence-corrected chi connectivity index (χ0v) is 24.0. The minimum Gasteiger partial charge on any atom is -0.461 e. The minimum absolute atomic E-state index is 0.113. The first-order chi connectivity index (χ1) is 21.0. The van der Waals surface area contributed by atoms with E-state index in [4.69, 9.17) is 14.2 Å². The molecule has 1 amide bonds. The molecule has 0 radical (unpaired) electrons. The van der Waals surface area contributed by atoms with Crippen LogP contribution in [0.3, 0.4) is 0 Å². The van der Waals surface area contributed by atoms with Crippen LogP contribution in [-0.2, 0) is 40.5 Å². The van der Waals surface area contributed by atoms with E-state index in [1.165, 1.54) is 6.07 Å². The first-order valence-electron chi connectivity index (χ1n) is 14.4. The van der Waals surface area contributed by atoms with Crippen molar-refractivity contribution in [2.24, 2.45) is 0 Å². The molecule has 0 unspecified atom stereocenters. The number of aromatic nitrogens is 3. The molecule has 224 valence electrons. The molecular formula is C33H34F2N4O4. The number of rotatable bonds is 9. The van der Waals surface area contributed by atoms with E-state index in [0.717, 1.165) is 11.1 Å². The van der Waals surface area contributed by atoms with Gasteiger partial charge in [-0.3, -0.25) is 9.47 Å². The molecule has 1 fully saturated rings. The van der Waals surface area contributed by atoms with Crippen LogP contribution in [0.15, 0.2) is 85.2 Å². The van der Waals surface area contributed by atoms with Crippen LogP contribution >= 0.6 is 0 Å². The van der Waals surface area contributed by atoms with E-state index in [0.29, 0.717) is 42.1 Å². The van der Waals surface area contributed by atoms with Gasteiger partial charge in [-0.05, 0) is 47.6 Å². The Kier molecular flexibility index (Phi) is 8.12. The highest BCUT2D eigenvalue weighted by molar-refractivity contribution is 5.70. The lowest BCUT2D eigenvalue weighted by atomic mass is 9.75. The van der Waals surface area contributed by atoms with Crippen molar-refractivity contribution in [2.75, 3.05) is 19.8 Å². The molecule has 2 aliphatic heterocycles. The number of carbonyl (C=O) groups is 1. The summed E-state index contributed by atoms with van der Waals surface area (Å²) in [5.41, 5.74) is 1.78. The summed E-state index contributed by atoms with van der Waals surface area (Å²) in [6.45, 7) is 1.34. The second kappa shape index (κ2) is 12.1. The van der Waals surface area contributed by atoms with E-state index in [9.17, 15) is 13.6 Å². The highest BCUT2D eigenvalue weighted by Crippen LogP contribution is 2.47. The van der Waals surface area contributed by atoms with Crippen LogP contribution in [0.5, 0.6) is 6.01 Å². The molecule has 4 aromatic rings. The predicted molar refractivity (Wildman–Crippen MR) is 155 cm³/mol. The number of nitrogens with zero attached hydrogens (tertiary/aromatic N) is 4. The number of fused-ring (bicyclic) bond motifs is 2. The molecule has 3 heterocycles. The molecule has 3 atom stereocenters. The maximum Gasteiger partial charge on any atom is 0.411 e. The van der Waals surface area contributed by atoms with Crippen molar-refractivity contribution in [1.29, 1.82) is 0 Å². The summed E-state index contributed by atoms with van der Waals surface area (Å²) < 4.78 is 47.4. The smallest absolute Gasteiger partial charge is 0.411 e. The third-order valence-electron chi connectivity index (χ3n) is 8.63. The topological polar surface area (TPSA) is 78.7 Å². The third kappa shape index (κ3) is 5.59. The number of benzene rings is 3. The van der Waals surface area contributed by atoms with E-state index in [2.05, 4.69) is 10.2 Å². The Morgan fingerprint density at radius 3 is 2.37 bits per heavy atom. The highest BCUT2D eigenvalue weighted by Gasteiger charge is 2.55. The fourth-order valence-corrected chi connectivity index (χ4v) is 6.19. The van der Waals surface area contributed by atoms with Crippen molar-refractivity contribution in [2.45, 2.75) is 56.9 Å². The van der Waals surface area contributed by atoms with Gasteiger partial charge in [0.2, 0.25) is 0 Å². The molecule has 6 rings (SSSR count). The third-order valence-corrected chi connectivity index (χ3v) is 8.63. The Labute approximate surface area is 249 Å². The van der Waals surface area contributed by atoms with Gasteiger partial charge in [0.25, 0.3) is 0 Å². The normalized spacial score (nSPS) is 21.8. The quantitative estimate of drug-likeness (QED) is 0.225. The summed E-state index contributed by atoms with van der Waals surface area (Å²) in [6, 6.07) is 24.7. The van der Waals surface area contributed by atoms with Gasteiger partial charge >= 0.3 is 12.1 Å². The standard InChI is InChI=1S/C33H34F2N4O4/c1-24(28-15-26(17-34)14-27(16-28)18-35)42-22-33(29-10-6-3-7-11-29)13-12-32(21-43-30-37-36-23-39(30)32)20-38(33)31(40)41-19-25-8-4-2-5-9-25/h2-11,14-16,23-24H,12-13,17-22H2,1H3/t24-,32+,33-/m1/s1. The zero-order valence-electron chi connectivity index (χ0n) is 24.0. The second-order valence-corrected chi connectivity index (χ2v) is 11.3. The summed E-state index contributed by atoms with van der Waals surface area (Å²) >= 11 is 0. The van der Waals surface area contributed by atoms with Gasteiger partial charge in [0, 0.05) is 0 Å². The number of hydrogen-bond donors (Lipinski definition) is 0. The molecule has 43 heavy (non-hydrogen) atoms. The summed E-state index contributed by atoms with van der Waals surface area (Å²) in [5.74, 6) is 0. The minimum atomic E-state index is -0.897. The molecule has 2 aliphatic rings. The summed E-state index contributed by atoms with van der Waals surface area (Å²) in [6.07, 6.45) is 1.87. The first-order valence-corrected chi connectivity index (χ1v) is 14.4. The zero-order chi connectivity index (χ0) is 29.9. The van der Waals surface area contributed by atoms with Crippen LogP contribution in [0.2, 0.25) is 0 Å². The maximum atomic E-state index is 14.1. The Morgan fingerprint density at radius 1 is 0.977 bits per heavy atom. The molecule has 10 heteroatoms. The Morgan fingerprint density at radius 2 is 1.67 bits per heavy atom. The molecular weight excluding hydrogens is 554 g/mol. The van der Waals surface area contributed by atoms with E-state index in [1.54, 1.807) is 23.4 Å².